The Morgan fingerprint density at radius 3 is 2.75 bits per heavy atom. The Balaban J connectivity index is 1.91. The number of rotatable bonds is 2. The topological polar surface area (TPSA) is 29.9 Å². The van der Waals surface area contributed by atoms with Crippen LogP contribution in [0.5, 0.6) is 0 Å². The average molecular weight is 273 g/mol. The molecule has 1 aliphatic heterocycles. The first-order chi connectivity index (χ1) is 9.67. The Morgan fingerprint density at radius 1 is 1.30 bits per heavy atom. The fourth-order valence-electron chi connectivity index (χ4n) is 3.40. The van der Waals surface area contributed by atoms with Gasteiger partial charge < -0.3 is 9.88 Å². The summed E-state index contributed by atoms with van der Waals surface area (Å²) < 4.78 is 15.9. The Bertz CT molecular complexity index is 651. The highest BCUT2D eigenvalue weighted by molar-refractivity contribution is 5.76. The number of nitrogens with one attached hydrogen (secondary N) is 1. The third-order valence-corrected chi connectivity index (χ3v) is 4.81. The molecule has 2 heterocycles. The van der Waals surface area contributed by atoms with E-state index in [-0.39, 0.29) is 11.2 Å². The first-order valence-electron chi connectivity index (χ1n) is 7.56. The molecule has 4 rings (SSSR count). The van der Waals surface area contributed by atoms with Gasteiger partial charge in [0, 0.05) is 17.5 Å². The van der Waals surface area contributed by atoms with Gasteiger partial charge in [0.2, 0.25) is 0 Å². The van der Waals surface area contributed by atoms with Crippen molar-refractivity contribution in [2.45, 2.75) is 44.1 Å². The van der Waals surface area contributed by atoms with E-state index >= 15 is 0 Å². The standard InChI is InChI=1S/C16H20FN3/c1-16(6-8-18-9-7-16)15-19-13-10-11(17)2-5-14(13)20(15)12-3-4-12/h2,5,10,12,18H,3-4,6-9H2,1H3. The zero-order valence-electron chi connectivity index (χ0n) is 11.8. The van der Waals surface area contributed by atoms with Crippen LogP contribution < -0.4 is 5.32 Å². The van der Waals surface area contributed by atoms with Gasteiger partial charge in [-0.2, -0.15) is 0 Å². The SMILES string of the molecule is CC1(c2nc3cc(F)ccc3n2C2CC2)CCNCC1. The molecule has 20 heavy (non-hydrogen) atoms. The molecule has 2 aromatic rings. The number of piperidine rings is 1. The van der Waals surface area contributed by atoms with Crippen LogP contribution in [0.4, 0.5) is 4.39 Å². The number of hydrogen-bond acceptors (Lipinski definition) is 2. The lowest BCUT2D eigenvalue weighted by molar-refractivity contribution is 0.310. The minimum Gasteiger partial charge on any atom is -0.324 e. The minimum absolute atomic E-state index is 0.114. The average Bonchev–Trinajstić information content (AvgIpc) is 3.20. The van der Waals surface area contributed by atoms with Crippen molar-refractivity contribution in [3.05, 3.63) is 29.8 Å². The summed E-state index contributed by atoms with van der Waals surface area (Å²) in [6.07, 6.45) is 4.66. The number of hydrogen-bond donors (Lipinski definition) is 1. The number of halogens is 1. The lowest BCUT2D eigenvalue weighted by atomic mass is 9.80. The van der Waals surface area contributed by atoms with Crippen molar-refractivity contribution in [2.24, 2.45) is 0 Å². The minimum atomic E-state index is -0.194. The summed E-state index contributed by atoms with van der Waals surface area (Å²) in [5, 5.41) is 3.42. The predicted molar refractivity (Wildman–Crippen MR) is 77.4 cm³/mol. The van der Waals surface area contributed by atoms with Gasteiger partial charge in [0.05, 0.1) is 11.0 Å². The molecule has 1 saturated heterocycles. The van der Waals surface area contributed by atoms with Gasteiger partial charge in [0.25, 0.3) is 0 Å². The quantitative estimate of drug-likeness (QED) is 0.911. The molecule has 0 amide bonds. The third-order valence-electron chi connectivity index (χ3n) is 4.81. The van der Waals surface area contributed by atoms with E-state index in [4.69, 9.17) is 4.98 Å². The maximum absolute atomic E-state index is 13.5. The van der Waals surface area contributed by atoms with Crippen LogP contribution in [0.3, 0.4) is 0 Å². The van der Waals surface area contributed by atoms with Crippen LogP contribution >= 0.6 is 0 Å². The molecule has 0 spiro atoms. The van der Waals surface area contributed by atoms with E-state index in [2.05, 4.69) is 16.8 Å². The van der Waals surface area contributed by atoms with Crippen LogP contribution in [0.2, 0.25) is 0 Å². The summed E-state index contributed by atoms with van der Waals surface area (Å²) in [4.78, 5) is 4.83. The molecule has 2 fully saturated rings. The highest BCUT2D eigenvalue weighted by atomic mass is 19.1. The Morgan fingerprint density at radius 2 is 2.05 bits per heavy atom. The summed E-state index contributed by atoms with van der Waals surface area (Å²) in [7, 11) is 0. The molecule has 4 heteroatoms. The molecule has 0 unspecified atom stereocenters. The zero-order chi connectivity index (χ0) is 13.7. The maximum Gasteiger partial charge on any atom is 0.125 e. The van der Waals surface area contributed by atoms with Crippen molar-refractivity contribution in [1.29, 1.82) is 0 Å². The Hall–Kier alpha value is -1.42. The monoisotopic (exact) mass is 273 g/mol. The van der Waals surface area contributed by atoms with E-state index in [9.17, 15) is 4.39 Å². The van der Waals surface area contributed by atoms with Crippen LogP contribution in [0, 0.1) is 5.82 Å². The highest BCUT2D eigenvalue weighted by Gasteiger charge is 2.38. The van der Waals surface area contributed by atoms with Crippen LogP contribution in [-0.4, -0.2) is 22.6 Å². The molecule has 1 aromatic carbocycles. The molecule has 1 saturated carbocycles. The molecule has 106 valence electrons. The second-order valence-corrected chi connectivity index (χ2v) is 6.48. The number of nitrogens with zero attached hydrogens (tertiary/aromatic N) is 2. The van der Waals surface area contributed by atoms with E-state index in [0.717, 1.165) is 37.0 Å². The number of benzene rings is 1. The normalized spacial score (nSPS) is 22.3. The van der Waals surface area contributed by atoms with Crippen molar-refractivity contribution < 1.29 is 4.39 Å². The lowest BCUT2D eigenvalue weighted by Crippen LogP contribution is -2.39. The van der Waals surface area contributed by atoms with Crippen LogP contribution in [0.15, 0.2) is 18.2 Å². The van der Waals surface area contributed by atoms with E-state index in [1.807, 2.05) is 6.07 Å². The van der Waals surface area contributed by atoms with Gasteiger partial charge >= 0.3 is 0 Å². The van der Waals surface area contributed by atoms with Crippen molar-refractivity contribution >= 4 is 11.0 Å². The first-order valence-corrected chi connectivity index (χ1v) is 7.56. The smallest absolute Gasteiger partial charge is 0.125 e. The third kappa shape index (κ3) is 1.85. The van der Waals surface area contributed by atoms with Gasteiger partial charge in [-0.05, 0) is 50.9 Å². The molecule has 0 atom stereocenters. The summed E-state index contributed by atoms with van der Waals surface area (Å²) in [5.74, 6) is 0.974. The lowest BCUT2D eigenvalue weighted by Gasteiger charge is -2.34. The van der Waals surface area contributed by atoms with Gasteiger partial charge in [-0.3, -0.25) is 0 Å². The fourth-order valence-corrected chi connectivity index (χ4v) is 3.40. The second kappa shape index (κ2) is 4.29. The molecule has 1 N–H and O–H groups in total. The molecule has 0 radical (unpaired) electrons. The summed E-state index contributed by atoms with van der Waals surface area (Å²) >= 11 is 0. The van der Waals surface area contributed by atoms with Crippen LogP contribution in [-0.2, 0) is 5.41 Å². The van der Waals surface area contributed by atoms with Crippen molar-refractivity contribution in [3.63, 3.8) is 0 Å². The van der Waals surface area contributed by atoms with E-state index < -0.39 is 0 Å². The van der Waals surface area contributed by atoms with Crippen LogP contribution in [0.1, 0.15) is 44.5 Å². The van der Waals surface area contributed by atoms with Gasteiger partial charge in [-0.25, -0.2) is 9.37 Å². The van der Waals surface area contributed by atoms with Gasteiger partial charge in [0.15, 0.2) is 0 Å². The molecular weight excluding hydrogens is 253 g/mol. The molecule has 3 nitrogen and oxygen atoms in total. The highest BCUT2D eigenvalue weighted by Crippen LogP contribution is 2.43. The Labute approximate surface area is 118 Å². The van der Waals surface area contributed by atoms with Gasteiger partial charge in [-0.1, -0.05) is 6.92 Å². The first kappa shape index (κ1) is 12.3. The summed E-state index contributed by atoms with van der Waals surface area (Å²) in [6, 6.07) is 5.59. The number of aromatic nitrogens is 2. The van der Waals surface area contributed by atoms with Gasteiger partial charge in [0.1, 0.15) is 11.6 Å². The molecule has 0 bridgehead atoms. The van der Waals surface area contributed by atoms with Crippen LogP contribution in [0.25, 0.3) is 11.0 Å². The molecule has 1 aliphatic carbocycles. The van der Waals surface area contributed by atoms with E-state index in [0.29, 0.717) is 6.04 Å². The van der Waals surface area contributed by atoms with E-state index in [1.54, 1.807) is 12.1 Å². The second-order valence-electron chi connectivity index (χ2n) is 6.48. The van der Waals surface area contributed by atoms with Crippen molar-refractivity contribution in [3.8, 4) is 0 Å². The number of fused-ring (bicyclic) bond motifs is 1. The Kier molecular flexibility index (Phi) is 2.64. The molecular formula is C16H20FN3. The maximum atomic E-state index is 13.5. The predicted octanol–water partition coefficient (Wildman–Crippen LogP) is 3.15. The van der Waals surface area contributed by atoms with Crippen molar-refractivity contribution in [1.82, 2.24) is 14.9 Å². The largest absolute Gasteiger partial charge is 0.324 e. The molecule has 2 aliphatic rings. The summed E-state index contributed by atoms with van der Waals surface area (Å²) in [6.45, 7) is 4.39. The summed E-state index contributed by atoms with van der Waals surface area (Å²) in [5.41, 5.74) is 2.03. The van der Waals surface area contributed by atoms with Gasteiger partial charge in [-0.15, -0.1) is 0 Å². The number of imidazole rings is 1. The fraction of sp³-hybridized carbons (Fsp3) is 0.562. The zero-order valence-corrected chi connectivity index (χ0v) is 11.8. The molecule has 1 aromatic heterocycles. The van der Waals surface area contributed by atoms with Crippen molar-refractivity contribution in [2.75, 3.05) is 13.1 Å². The van der Waals surface area contributed by atoms with E-state index in [1.165, 1.54) is 18.7 Å².